The topological polar surface area (TPSA) is 61.4 Å². The molecule has 6 heteroatoms. The van der Waals surface area contributed by atoms with Crippen LogP contribution in [0.2, 0.25) is 0 Å². The zero-order valence-corrected chi connectivity index (χ0v) is 10.8. The Morgan fingerprint density at radius 2 is 2.06 bits per heavy atom. The van der Waals surface area contributed by atoms with Crippen molar-refractivity contribution < 1.29 is 4.79 Å². The van der Waals surface area contributed by atoms with E-state index >= 15 is 0 Å². The van der Waals surface area contributed by atoms with Crippen molar-refractivity contribution in [3.63, 3.8) is 0 Å². The van der Waals surface area contributed by atoms with Crippen LogP contribution >= 0.6 is 0 Å². The molecule has 0 radical (unpaired) electrons. The quantitative estimate of drug-likeness (QED) is 0.772. The monoisotopic (exact) mass is 249 g/mol. The maximum absolute atomic E-state index is 11.8. The van der Waals surface area contributed by atoms with Gasteiger partial charge in [0.2, 0.25) is 11.9 Å². The molecule has 0 spiro atoms. The number of carbonyl (C=O) groups is 1. The summed E-state index contributed by atoms with van der Waals surface area (Å²) in [7, 11) is 3.71. The normalized spacial score (nSPS) is 21.4. The van der Waals surface area contributed by atoms with Crippen molar-refractivity contribution >= 4 is 11.9 Å². The lowest BCUT2D eigenvalue weighted by Crippen LogP contribution is -2.39. The van der Waals surface area contributed by atoms with Gasteiger partial charge in [0.1, 0.15) is 0 Å². The first kappa shape index (κ1) is 12.8. The summed E-state index contributed by atoms with van der Waals surface area (Å²) >= 11 is 0. The van der Waals surface area contributed by atoms with Crippen LogP contribution in [-0.4, -0.2) is 61.0 Å². The second-order valence-electron chi connectivity index (χ2n) is 4.57. The minimum absolute atomic E-state index is 0.0497. The summed E-state index contributed by atoms with van der Waals surface area (Å²) in [6.07, 6.45) is 3.46. The van der Waals surface area contributed by atoms with Crippen molar-refractivity contribution in [1.29, 1.82) is 0 Å². The van der Waals surface area contributed by atoms with Crippen LogP contribution in [0.15, 0.2) is 18.5 Å². The molecule has 2 rings (SSSR count). The van der Waals surface area contributed by atoms with E-state index in [0.717, 1.165) is 19.6 Å². The molecule has 0 bridgehead atoms. The van der Waals surface area contributed by atoms with Gasteiger partial charge >= 0.3 is 0 Å². The van der Waals surface area contributed by atoms with E-state index in [9.17, 15) is 4.79 Å². The molecule has 18 heavy (non-hydrogen) atoms. The molecule has 98 valence electrons. The Bertz CT molecular complexity index is 397. The van der Waals surface area contributed by atoms with Crippen LogP contribution in [0.1, 0.15) is 0 Å². The maximum Gasteiger partial charge on any atom is 0.225 e. The fraction of sp³-hybridized carbons (Fsp3) is 0.583. The molecule has 1 aliphatic heterocycles. The highest BCUT2D eigenvalue weighted by atomic mass is 16.1. The van der Waals surface area contributed by atoms with Gasteiger partial charge in [-0.05, 0) is 13.1 Å². The summed E-state index contributed by atoms with van der Waals surface area (Å²) in [4.78, 5) is 24.6. The van der Waals surface area contributed by atoms with E-state index in [1.165, 1.54) is 0 Å². The van der Waals surface area contributed by atoms with Gasteiger partial charge in [0, 0.05) is 45.6 Å². The first-order chi connectivity index (χ1) is 8.70. The SMILES string of the molecule is CNC(=O)C1CN(C)CCN(c2ncccn2)C1. The third-order valence-corrected chi connectivity index (χ3v) is 3.18. The second-order valence-corrected chi connectivity index (χ2v) is 4.57. The van der Waals surface area contributed by atoms with Crippen molar-refractivity contribution in [1.82, 2.24) is 20.2 Å². The van der Waals surface area contributed by atoms with Crippen LogP contribution < -0.4 is 10.2 Å². The molecular weight excluding hydrogens is 230 g/mol. The highest BCUT2D eigenvalue weighted by Gasteiger charge is 2.26. The van der Waals surface area contributed by atoms with E-state index in [4.69, 9.17) is 0 Å². The lowest BCUT2D eigenvalue weighted by molar-refractivity contribution is -0.124. The van der Waals surface area contributed by atoms with Crippen LogP contribution in [0, 0.1) is 5.92 Å². The number of hydrogen-bond donors (Lipinski definition) is 1. The number of hydrogen-bond acceptors (Lipinski definition) is 5. The highest BCUT2D eigenvalue weighted by Crippen LogP contribution is 2.13. The second kappa shape index (κ2) is 5.77. The first-order valence-electron chi connectivity index (χ1n) is 6.13. The zero-order valence-electron chi connectivity index (χ0n) is 10.8. The summed E-state index contributed by atoms with van der Waals surface area (Å²) < 4.78 is 0. The smallest absolute Gasteiger partial charge is 0.225 e. The molecule has 2 heterocycles. The minimum atomic E-state index is -0.0497. The largest absolute Gasteiger partial charge is 0.359 e. The fourth-order valence-electron chi connectivity index (χ4n) is 2.18. The van der Waals surface area contributed by atoms with E-state index in [1.54, 1.807) is 25.5 Å². The van der Waals surface area contributed by atoms with Crippen molar-refractivity contribution in [2.45, 2.75) is 0 Å². The molecule has 1 unspecified atom stereocenters. The van der Waals surface area contributed by atoms with Crippen molar-refractivity contribution in [2.75, 3.05) is 45.2 Å². The Morgan fingerprint density at radius 1 is 1.33 bits per heavy atom. The van der Waals surface area contributed by atoms with Crippen LogP contribution in [-0.2, 0) is 4.79 Å². The van der Waals surface area contributed by atoms with E-state index in [1.807, 2.05) is 7.05 Å². The molecule has 1 aromatic heterocycles. The lowest BCUT2D eigenvalue weighted by atomic mass is 10.1. The minimum Gasteiger partial charge on any atom is -0.359 e. The first-order valence-corrected chi connectivity index (χ1v) is 6.13. The molecule has 1 amide bonds. The third-order valence-electron chi connectivity index (χ3n) is 3.18. The van der Waals surface area contributed by atoms with Gasteiger partial charge < -0.3 is 15.1 Å². The molecule has 1 aromatic rings. The van der Waals surface area contributed by atoms with Gasteiger partial charge in [-0.15, -0.1) is 0 Å². The molecule has 1 atom stereocenters. The summed E-state index contributed by atoms with van der Waals surface area (Å²) in [5, 5.41) is 2.72. The number of anilines is 1. The third kappa shape index (κ3) is 2.95. The Kier molecular flexibility index (Phi) is 4.09. The Morgan fingerprint density at radius 3 is 2.72 bits per heavy atom. The molecule has 0 aromatic carbocycles. The van der Waals surface area contributed by atoms with Crippen molar-refractivity contribution in [2.24, 2.45) is 5.92 Å². The van der Waals surface area contributed by atoms with Gasteiger partial charge in [-0.2, -0.15) is 0 Å². The van der Waals surface area contributed by atoms with E-state index in [0.29, 0.717) is 12.5 Å². The number of carbonyl (C=O) groups excluding carboxylic acids is 1. The number of likely N-dealkylation sites (N-methyl/N-ethyl adjacent to an activating group) is 1. The van der Waals surface area contributed by atoms with Gasteiger partial charge in [-0.3, -0.25) is 4.79 Å². The van der Waals surface area contributed by atoms with Gasteiger partial charge in [-0.1, -0.05) is 0 Å². The summed E-state index contributed by atoms with van der Waals surface area (Å²) in [6.45, 7) is 3.18. The molecule has 0 saturated carbocycles. The predicted octanol–water partition coefficient (Wildman–Crippen LogP) is -0.409. The average Bonchev–Trinajstić information content (AvgIpc) is 2.61. The zero-order chi connectivity index (χ0) is 13.0. The molecule has 1 aliphatic rings. The lowest BCUT2D eigenvalue weighted by Gasteiger charge is -2.22. The Labute approximate surface area is 107 Å². The fourth-order valence-corrected chi connectivity index (χ4v) is 2.18. The molecular formula is C12H19N5O. The molecule has 6 nitrogen and oxygen atoms in total. The number of nitrogens with one attached hydrogen (secondary N) is 1. The van der Waals surface area contributed by atoms with Crippen LogP contribution in [0.25, 0.3) is 0 Å². The highest BCUT2D eigenvalue weighted by molar-refractivity contribution is 5.79. The molecule has 1 N–H and O–H groups in total. The van der Waals surface area contributed by atoms with Gasteiger partial charge in [0.15, 0.2) is 0 Å². The van der Waals surface area contributed by atoms with Gasteiger partial charge in [-0.25, -0.2) is 9.97 Å². The summed E-state index contributed by atoms with van der Waals surface area (Å²) in [6, 6.07) is 1.80. The van der Waals surface area contributed by atoms with Crippen molar-refractivity contribution in [3.8, 4) is 0 Å². The van der Waals surface area contributed by atoms with Crippen LogP contribution in [0.3, 0.4) is 0 Å². The number of nitrogens with zero attached hydrogens (tertiary/aromatic N) is 4. The summed E-state index contributed by atoms with van der Waals surface area (Å²) in [5.74, 6) is 0.720. The van der Waals surface area contributed by atoms with E-state index in [-0.39, 0.29) is 11.8 Å². The average molecular weight is 249 g/mol. The van der Waals surface area contributed by atoms with E-state index in [2.05, 4.69) is 25.1 Å². The standard InChI is InChI=1S/C12H19N5O/c1-13-11(18)10-8-16(2)6-7-17(9-10)12-14-4-3-5-15-12/h3-5,10H,6-9H2,1-2H3,(H,13,18). The number of aromatic nitrogens is 2. The predicted molar refractivity (Wildman–Crippen MR) is 69.3 cm³/mol. The molecule has 1 saturated heterocycles. The Balaban J connectivity index is 2.14. The van der Waals surface area contributed by atoms with Crippen LogP contribution in [0.5, 0.6) is 0 Å². The van der Waals surface area contributed by atoms with E-state index < -0.39 is 0 Å². The maximum atomic E-state index is 11.8. The van der Waals surface area contributed by atoms with Crippen LogP contribution in [0.4, 0.5) is 5.95 Å². The molecule has 1 fully saturated rings. The van der Waals surface area contributed by atoms with Gasteiger partial charge in [0.25, 0.3) is 0 Å². The number of amides is 1. The van der Waals surface area contributed by atoms with Crippen molar-refractivity contribution in [3.05, 3.63) is 18.5 Å². The Hall–Kier alpha value is -1.69. The van der Waals surface area contributed by atoms with Gasteiger partial charge in [0.05, 0.1) is 5.92 Å². The number of rotatable bonds is 2. The molecule has 0 aliphatic carbocycles. The summed E-state index contributed by atoms with van der Waals surface area (Å²) in [5.41, 5.74) is 0.